The summed E-state index contributed by atoms with van der Waals surface area (Å²) < 4.78 is 52.6. The molecule has 2 aromatic rings. The van der Waals surface area contributed by atoms with Crippen LogP contribution in [0.1, 0.15) is 6.42 Å². The van der Waals surface area contributed by atoms with Crippen molar-refractivity contribution in [3.63, 3.8) is 0 Å². The SMILES string of the molecule is COc1ccccc1OCCN1CC[C@H](NS(=O)(=O)c2cccc(Cl)c2F)C1. The zero-order valence-electron chi connectivity index (χ0n) is 15.4. The van der Waals surface area contributed by atoms with E-state index in [0.29, 0.717) is 37.6 Å². The fourth-order valence-electron chi connectivity index (χ4n) is 3.13. The lowest BCUT2D eigenvalue weighted by Gasteiger charge is -2.18. The first-order valence-corrected chi connectivity index (χ1v) is 10.7. The Morgan fingerprint density at radius 3 is 2.71 bits per heavy atom. The second kappa shape index (κ2) is 9.09. The summed E-state index contributed by atoms with van der Waals surface area (Å²) in [6.45, 7) is 2.34. The molecule has 1 heterocycles. The molecule has 0 aliphatic carbocycles. The highest BCUT2D eigenvalue weighted by Gasteiger charge is 2.29. The maximum absolute atomic E-state index is 14.0. The van der Waals surface area contributed by atoms with Gasteiger partial charge in [-0.2, -0.15) is 0 Å². The first-order chi connectivity index (χ1) is 13.4. The van der Waals surface area contributed by atoms with Crippen molar-refractivity contribution in [2.45, 2.75) is 17.4 Å². The molecule has 1 atom stereocenters. The van der Waals surface area contributed by atoms with E-state index >= 15 is 0 Å². The fourth-order valence-corrected chi connectivity index (χ4v) is 4.72. The zero-order chi connectivity index (χ0) is 20.1. The van der Waals surface area contributed by atoms with Crippen LogP contribution < -0.4 is 14.2 Å². The Labute approximate surface area is 169 Å². The molecule has 0 spiro atoms. The van der Waals surface area contributed by atoms with Crippen LogP contribution in [0.15, 0.2) is 47.4 Å². The average molecular weight is 429 g/mol. The van der Waals surface area contributed by atoms with Gasteiger partial charge in [-0.1, -0.05) is 29.8 Å². The van der Waals surface area contributed by atoms with E-state index in [1.165, 1.54) is 18.2 Å². The number of hydrogen-bond acceptors (Lipinski definition) is 5. The van der Waals surface area contributed by atoms with Crippen molar-refractivity contribution in [3.8, 4) is 11.5 Å². The summed E-state index contributed by atoms with van der Waals surface area (Å²) in [5.41, 5.74) is 0. The number of nitrogens with zero attached hydrogens (tertiary/aromatic N) is 1. The van der Waals surface area contributed by atoms with Crippen LogP contribution in [-0.2, 0) is 10.0 Å². The minimum Gasteiger partial charge on any atom is -0.493 e. The highest BCUT2D eigenvalue weighted by molar-refractivity contribution is 7.89. The standard InChI is InChI=1S/C19H22ClFN2O4S/c1-26-16-6-2-3-7-17(16)27-12-11-23-10-9-14(13-23)22-28(24,25)18-8-4-5-15(20)19(18)21/h2-8,14,22H,9-13H2,1H3/t14-/m0/s1. The van der Waals surface area contributed by atoms with E-state index in [9.17, 15) is 12.8 Å². The third-order valence-corrected chi connectivity index (χ3v) is 6.36. The summed E-state index contributed by atoms with van der Waals surface area (Å²) in [4.78, 5) is 1.66. The van der Waals surface area contributed by atoms with Gasteiger partial charge in [0.15, 0.2) is 17.3 Å². The molecule has 0 amide bonds. The third kappa shape index (κ3) is 4.94. The molecule has 0 bridgehead atoms. The van der Waals surface area contributed by atoms with Gasteiger partial charge in [-0.15, -0.1) is 0 Å². The number of sulfonamides is 1. The van der Waals surface area contributed by atoms with Gasteiger partial charge >= 0.3 is 0 Å². The lowest BCUT2D eigenvalue weighted by molar-refractivity contribution is 0.228. The predicted octanol–water partition coefficient (Wildman–Crippen LogP) is 2.92. The van der Waals surface area contributed by atoms with Gasteiger partial charge < -0.3 is 9.47 Å². The van der Waals surface area contributed by atoms with Gasteiger partial charge in [-0.05, 0) is 37.2 Å². The first kappa shape index (κ1) is 20.9. The molecule has 0 saturated carbocycles. The topological polar surface area (TPSA) is 67.9 Å². The van der Waals surface area contributed by atoms with Gasteiger partial charge in [0, 0.05) is 19.1 Å². The normalized spacial score (nSPS) is 17.6. The number of ether oxygens (including phenoxy) is 2. The monoisotopic (exact) mass is 428 g/mol. The number of nitrogens with one attached hydrogen (secondary N) is 1. The highest BCUT2D eigenvalue weighted by Crippen LogP contribution is 2.26. The Balaban J connectivity index is 1.52. The van der Waals surface area contributed by atoms with E-state index < -0.39 is 20.7 Å². The van der Waals surface area contributed by atoms with E-state index in [0.717, 1.165) is 6.54 Å². The Kier molecular flexibility index (Phi) is 6.77. The molecule has 152 valence electrons. The predicted molar refractivity (Wildman–Crippen MR) is 105 cm³/mol. The van der Waals surface area contributed by atoms with E-state index in [-0.39, 0.29) is 11.1 Å². The van der Waals surface area contributed by atoms with Crippen LogP contribution in [0.5, 0.6) is 11.5 Å². The number of methoxy groups -OCH3 is 1. The van der Waals surface area contributed by atoms with Gasteiger partial charge in [0.05, 0.1) is 12.1 Å². The maximum atomic E-state index is 14.0. The summed E-state index contributed by atoms with van der Waals surface area (Å²) in [6, 6.07) is 11.0. The van der Waals surface area contributed by atoms with Crippen molar-refractivity contribution in [1.82, 2.24) is 9.62 Å². The molecule has 1 saturated heterocycles. The van der Waals surface area contributed by atoms with E-state index in [2.05, 4.69) is 9.62 Å². The summed E-state index contributed by atoms with van der Waals surface area (Å²) in [7, 11) is -2.39. The Morgan fingerprint density at radius 2 is 1.96 bits per heavy atom. The van der Waals surface area contributed by atoms with Crippen LogP contribution in [0.4, 0.5) is 4.39 Å². The quantitative estimate of drug-likeness (QED) is 0.700. The van der Waals surface area contributed by atoms with Crippen molar-refractivity contribution in [2.75, 3.05) is 33.4 Å². The van der Waals surface area contributed by atoms with E-state index in [1.807, 2.05) is 24.3 Å². The number of halogens is 2. The van der Waals surface area contributed by atoms with Gasteiger partial charge in [-0.3, -0.25) is 4.90 Å². The molecular formula is C19H22ClFN2O4S. The lowest BCUT2D eigenvalue weighted by Crippen LogP contribution is -2.38. The van der Waals surface area contributed by atoms with Crippen molar-refractivity contribution in [1.29, 1.82) is 0 Å². The zero-order valence-corrected chi connectivity index (χ0v) is 17.0. The molecule has 28 heavy (non-hydrogen) atoms. The third-order valence-electron chi connectivity index (χ3n) is 4.53. The minimum absolute atomic E-state index is 0.218. The van der Waals surface area contributed by atoms with Crippen LogP contribution in [0.3, 0.4) is 0 Å². The molecule has 0 radical (unpaired) electrons. The molecule has 6 nitrogen and oxygen atoms in total. The summed E-state index contributed by atoms with van der Waals surface area (Å²) >= 11 is 5.69. The highest BCUT2D eigenvalue weighted by atomic mass is 35.5. The Morgan fingerprint density at radius 1 is 1.21 bits per heavy atom. The molecule has 3 rings (SSSR count). The first-order valence-electron chi connectivity index (χ1n) is 8.85. The van der Waals surface area contributed by atoms with Crippen molar-refractivity contribution < 1.29 is 22.3 Å². The van der Waals surface area contributed by atoms with Crippen molar-refractivity contribution in [3.05, 3.63) is 53.3 Å². The molecule has 1 aliphatic heterocycles. The van der Waals surface area contributed by atoms with E-state index in [4.69, 9.17) is 21.1 Å². The molecular weight excluding hydrogens is 407 g/mol. The molecule has 1 aliphatic rings. The van der Waals surface area contributed by atoms with E-state index in [1.54, 1.807) is 7.11 Å². The molecule has 1 N–H and O–H groups in total. The largest absolute Gasteiger partial charge is 0.493 e. The second-order valence-corrected chi connectivity index (χ2v) is 8.55. The van der Waals surface area contributed by atoms with Crippen LogP contribution in [0, 0.1) is 5.82 Å². The average Bonchev–Trinajstić information content (AvgIpc) is 3.10. The number of rotatable bonds is 8. The number of para-hydroxylation sites is 2. The fraction of sp³-hybridized carbons (Fsp3) is 0.368. The van der Waals surface area contributed by atoms with Crippen molar-refractivity contribution in [2.24, 2.45) is 0 Å². The maximum Gasteiger partial charge on any atom is 0.243 e. The van der Waals surface area contributed by atoms with Crippen LogP contribution in [0.2, 0.25) is 5.02 Å². The molecule has 1 fully saturated rings. The van der Waals surface area contributed by atoms with Crippen LogP contribution in [-0.4, -0.2) is 52.7 Å². The van der Waals surface area contributed by atoms with Gasteiger partial charge in [0.1, 0.15) is 11.5 Å². The minimum atomic E-state index is -3.98. The van der Waals surface area contributed by atoms with Crippen LogP contribution >= 0.6 is 11.6 Å². The number of hydrogen-bond donors (Lipinski definition) is 1. The van der Waals surface area contributed by atoms with Gasteiger partial charge in [0.25, 0.3) is 0 Å². The van der Waals surface area contributed by atoms with Crippen LogP contribution in [0.25, 0.3) is 0 Å². The summed E-state index contributed by atoms with van der Waals surface area (Å²) in [6.07, 6.45) is 0.635. The molecule has 9 heteroatoms. The summed E-state index contributed by atoms with van der Waals surface area (Å²) in [5.74, 6) is 0.396. The smallest absolute Gasteiger partial charge is 0.243 e. The molecule has 0 unspecified atom stereocenters. The van der Waals surface area contributed by atoms with Gasteiger partial charge in [0.2, 0.25) is 10.0 Å². The summed E-state index contributed by atoms with van der Waals surface area (Å²) in [5, 5.41) is -0.218. The second-order valence-electron chi connectivity index (χ2n) is 6.46. The lowest BCUT2D eigenvalue weighted by atomic mass is 10.3. The molecule has 2 aromatic carbocycles. The molecule has 0 aromatic heterocycles. The Bertz CT molecular complexity index is 926. The number of benzene rings is 2. The van der Waals surface area contributed by atoms with Crippen molar-refractivity contribution >= 4 is 21.6 Å². The number of likely N-dealkylation sites (tertiary alicyclic amines) is 1. The van der Waals surface area contributed by atoms with Gasteiger partial charge in [-0.25, -0.2) is 17.5 Å². The Hall–Kier alpha value is -1.87.